The van der Waals surface area contributed by atoms with E-state index in [4.69, 9.17) is 4.74 Å². The first-order valence-corrected chi connectivity index (χ1v) is 4.96. The Morgan fingerprint density at radius 1 is 1.60 bits per heavy atom. The van der Waals surface area contributed by atoms with E-state index in [1.165, 1.54) is 12.8 Å². The smallest absolute Gasteiger partial charge is 0.0630 e. The molecule has 1 saturated heterocycles. The lowest BCUT2D eigenvalue weighted by Gasteiger charge is -2.15. The molecule has 1 heterocycles. The van der Waals surface area contributed by atoms with Crippen molar-refractivity contribution < 1.29 is 4.74 Å². The average Bonchev–Trinajstić information content (AvgIpc) is 2.12. The van der Waals surface area contributed by atoms with Gasteiger partial charge in [-0.2, -0.15) is 0 Å². The summed E-state index contributed by atoms with van der Waals surface area (Å²) in [4.78, 5) is 0. The highest BCUT2D eigenvalue weighted by Gasteiger charge is 2.30. The maximum absolute atomic E-state index is 5.58. The molecule has 0 radical (unpaired) electrons. The monoisotopic (exact) mass is 206 g/mol. The Hall–Kier alpha value is 0.440. The third-order valence-corrected chi connectivity index (χ3v) is 2.47. The van der Waals surface area contributed by atoms with Gasteiger partial charge in [-0.15, -0.1) is 0 Å². The van der Waals surface area contributed by atoms with Crippen molar-refractivity contribution in [3.05, 3.63) is 0 Å². The maximum atomic E-state index is 5.58. The van der Waals surface area contributed by atoms with Crippen LogP contribution in [0.25, 0.3) is 0 Å². The van der Waals surface area contributed by atoms with Gasteiger partial charge in [-0.3, -0.25) is 0 Å². The minimum absolute atomic E-state index is 0.146. The highest BCUT2D eigenvalue weighted by atomic mass is 79.9. The van der Waals surface area contributed by atoms with E-state index in [0.29, 0.717) is 0 Å². The fourth-order valence-electron chi connectivity index (χ4n) is 1.50. The topological polar surface area (TPSA) is 9.23 Å². The number of ether oxygens (including phenoxy) is 1. The van der Waals surface area contributed by atoms with E-state index in [1.54, 1.807) is 0 Å². The van der Waals surface area contributed by atoms with E-state index in [0.717, 1.165) is 17.9 Å². The van der Waals surface area contributed by atoms with Crippen LogP contribution in [0.15, 0.2) is 0 Å². The molecule has 0 spiro atoms. The number of rotatable bonds is 2. The molecule has 0 aromatic rings. The zero-order chi connectivity index (χ0) is 7.61. The largest absolute Gasteiger partial charge is 0.375 e. The molecule has 60 valence electrons. The Labute approximate surface area is 71.3 Å². The van der Waals surface area contributed by atoms with Gasteiger partial charge >= 0.3 is 0 Å². The molecular weight excluding hydrogens is 192 g/mol. The predicted molar refractivity (Wildman–Crippen MR) is 46.5 cm³/mol. The van der Waals surface area contributed by atoms with Gasteiger partial charge in [-0.05, 0) is 32.6 Å². The molecule has 0 aliphatic carbocycles. The van der Waals surface area contributed by atoms with Crippen LogP contribution in [0.5, 0.6) is 0 Å². The molecule has 0 aromatic carbocycles. The molecule has 0 N–H and O–H groups in total. The summed E-state index contributed by atoms with van der Waals surface area (Å²) in [6.07, 6.45) is 2.47. The molecule has 0 amide bonds. The standard InChI is InChI=1S/C8H15BrO/c1-8(2)5-7(3-4-9)6-10-8/h7H,3-6H2,1-2H3. The van der Waals surface area contributed by atoms with Gasteiger partial charge in [0.2, 0.25) is 0 Å². The summed E-state index contributed by atoms with van der Waals surface area (Å²) in [6.45, 7) is 5.29. The minimum Gasteiger partial charge on any atom is -0.375 e. The van der Waals surface area contributed by atoms with Gasteiger partial charge < -0.3 is 4.74 Å². The highest BCUT2D eigenvalue weighted by Crippen LogP contribution is 2.31. The molecular formula is C8H15BrO. The minimum atomic E-state index is 0.146. The first-order chi connectivity index (χ1) is 4.64. The Balaban J connectivity index is 2.29. The second kappa shape index (κ2) is 3.22. The van der Waals surface area contributed by atoms with Gasteiger partial charge in [0.05, 0.1) is 12.2 Å². The van der Waals surface area contributed by atoms with Crippen LogP contribution in [0.1, 0.15) is 26.7 Å². The molecule has 0 saturated carbocycles. The van der Waals surface area contributed by atoms with Crippen molar-refractivity contribution in [1.82, 2.24) is 0 Å². The molecule has 1 aliphatic rings. The Bertz CT molecular complexity index is 112. The lowest BCUT2D eigenvalue weighted by atomic mass is 9.96. The molecule has 1 unspecified atom stereocenters. The fraction of sp³-hybridized carbons (Fsp3) is 1.00. The van der Waals surface area contributed by atoms with Crippen molar-refractivity contribution in [3.63, 3.8) is 0 Å². The predicted octanol–water partition coefficient (Wildman–Crippen LogP) is 2.59. The van der Waals surface area contributed by atoms with Crippen LogP contribution in [0.3, 0.4) is 0 Å². The third-order valence-electron chi connectivity index (χ3n) is 2.01. The van der Waals surface area contributed by atoms with Gasteiger partial charge in [-0.25, -0.2) is 0 Å². The van der Waals surface area contributed by atoms with Crippen molar-refractivity contribution in [2.45, 2.75) is 32.3 Å². The second-order valence-electron chi connectivity index (χ2n) is 3.62. The number of alkyl halides is 1. The normalized spacial score (nSPS) is 30.9. The van der Waals surface area contributed by atoms with E-state index in [9.17, 15) is 0 Å². The molecule has 1 nitrogen and oxygen atoms in total. The first kappa shape index (κ1) is 8.54. The molecule has 10 heavy (non-hydrogen) atoms. The lowest BCUT2D eigenvalue weighted by Crippen LogP contribution is -2.16. The van der Waals surface area contributed by atoms with Gasteiger partial charge in [0.1, 0.15) is 0 Å². The summed E-state index contributed by atoms with van der Waals surface area (Å²) in [6, 6.07) is 0. The molecule has 2 heteroatoms. The van der Waals surface area contributed by atoms with Crippen molar-refractivity contribution >= 4 is 15.9 Å². The summed E-state index contributed by atoms with van der Waals surface area (Å²) in [5.74, 6) is 0.786. The summed E-state index contributed by atoms with van der Waals surface area (Å²) < 4.78 is 5.58. The molecule has 0 aromatic heterocycles. The van der Waals surface area contributed by atoms with Crippen LogP contribution in [0, 0.1) is 5.92 Å². The Morgan fingerprint density at radius 3 is 2.70 bits per heavy atom. The Kier molecular flexibility index (Phi) is 2.75. The summed E-state index contributed by atoms with van der Waals surface area (Å²) in [5, 5.41) is 1.11. The van der Waals surface area contributed by atoms with Crippen LogP contribution in [-0.4, -0.2) is 17.5 Å². The van der Waals surface area contributed by atoms with Crippen molar-refractivity contribution in [2.24, 2.45) is 5.92 Å². The molecule has 1 fully saturated rings. The van der Waals surface area contributed by atoms with Crippen molar-refractivity contribution in [3.8, 4) is 0 Å². The summed E-state index contributed by atoms with van der Waals surface area (Å²) >= 11 is 3.44. The third kappa shape index (κ3) is 2.24. The van der Waals surface area contributed by atoms with Gasteiger partial charge in [0.15, 0.2) is 0 Å². The summed E-state index contributed by atoms with van der Waals surface area (Å²) in [5.41, 5.74) is 0.146. The average molecular weight is 207 g/mol. The van der Waals surface area contributed by atoms with Crippen LogP contribution in [0.2, 0.25) is 0 Å². The van der Waals surface area contributed by atoms with E-state index < -0.39 is 0 Å². The van der Waals surface area contributed by atoms with Crippen LogP contribution >= 0.6 is 15.9 Å². The Morgan fingerprint density at radius 2 is 2.30 bits per heavy atom. The number of halogens is 1. The van der Waals surface area contributed by atoms with E-state index in [-0.39, 0.29) is 5.60 Å². The van der Waals surface area contributed by atoms with Crippen LogP contribution in [-0.2, 0) is 4.74 Å². The summed E-state index contributed by atoms with van der Waals surface area (Å²) in [7, 11) is 0. The van der Waals surface area contributed by atoms with Crippen molar-refractivity contribution in [2.75, 3.05) is 11.9 Å². The maximum Gasteiger partial charge on any atom is 0.0630 e. The fourth-order valence-corrected chi connectivity index (χ4v) is 2.14. The molecule has 1 atom stereocenters. The zero-order valence-electron chi connectivity index (χ0n) is 6.69. The number of hydrogen-bond acceptors (Lipinski definition) is 1. The van der Waals surface area contributed by atoms with Gasteiger partial charge in [0, 0.05) is 5.33 Å². The molecule has 1 rings (SSSR count). The second-order valence-corrected chi connectivity index (χ2v) is 4.41. The SMILES string of the molecule is CC1(C)CC(CCBr)CO1. The number of hydrogen-bond donors (Lipinski definition) is 0. The van der Waals surface area contributed by atoms with Gasteiger partial charge in [0.25, 0.3) is 0 Å². The highest BCUT2D eigenvalue weighted by molar-refractivity contribution is 9.09. The zero-order valence-corrected chi connectivity index (χ0v) is 8.28. The molecule has 0 bridgehead atoms. The quantitative estimate of drug-likeness (QED) is 0.632. The van der Waals surface area contributed by atoms with Gasteiger partial charge in [-0.1, -0.05) is 15.9 Å². The van der Waals surface area contributed by atoms with E-state index in [1.807, 2.05) is 0 Å². The van der Waals surface area contributed by atoms with E-state index in [2.05, 4.69) is 29.8 Å². The van der Waals surface area contributed by atoms with Crippen LogP contribution < -0.4 is 0 Å². The first-order valence-electron chi connectivity index (χ1n) is 3.84. The van der Waals surface area contributed by atoms with Crippen molar-refractivity contribution in [1.29, 1.82) is 0 Å². The van der Waals surface area contributed by atoms with Crippen LogP contribution in [0.4, 0.5) is 0 Å². The lowest BCUT2D eigenvalue weighted by molar-refractivity contribution is 0.0350. The molecule has 1 aliphatic heterocycles. The van der Waals surface area contributed by atoms with E-state index >= 15 is 0 Å².